The molecular formula is C40H23NS3. The summed E-state index contributed by atoms with van der Waals surface area (Å²) in [4.78, 5) is 2.44. The summed E-state index contributed by atoms with van der Waals surface area (Å²) in [6.45, 7) is 0. The molecule has 206 valence electrons. The average Bonchev–Trinajstić information content (AvgIpc) is 3.74. The lowest BCUT2D eigenvalue weighted by molar-refractivity contribution is 1.30. The Morgan fingerprint density at radius 3 is 1.45 bits per heavy atom. The van der Waals surface area contributed by atoms with Crippen LogP contribution in [0.1, 0.15) is 0 Å². The maximum atomic E-state index is 2.44. The van der Waals surface area contributed by atoms with Crippen LogP contribution in [0.15, 0.2) is 140 Å². The monoisotopic (exact) mass is 613 g/mol. The van der Waals surface area contributed by atoms with Gasteiger partial charge < -0.3 is 4.90 Å². The first kappa shape index (κ1) is 24.7. The standard InChI is InChI=1S/C40H23NS3/c1-2-8-25-20-38-33(19-24(25)7-1)32-17-14-28(23-40(32)44-38)41(26-15-18-37-34(21-26)30-10-4-6-12-36(30)42-37)27-13-16-31-29-9-3-5-11-35(29)43-39(31)22-27/h1-23H. The molecule has 3 aromatic heterocycles. The third-order valence-electron chi connectivity index (χ3n) is 8.82. The summed E-state index contributed by atoms with van der Waals surface area (Å²) in [6, 6.07) is 51.8. The fourth-order valence-electron chi connectivity index (χ4n) is 6.74. The lowest BCUT2D eigenvalue weighted by Gasteiger charge is -2.26. The predicted octanol–water partition coefficient (Wildman–Crippen LogP) is 13.4. The molecule has 0 spiro atoms. The van der Waals surface area contributed by atoms with Gasteiger partial charge in [0.25, 0.3) is 0 Å². The van der Waals surface area contributed by atoms with Gasteiger partial charge in [-0.15, -0.1) is 34.0 Å². The molecule has 0 bridgehead atoms. The van der Waals surface area contributed by atoms with Crippen molar-refractivity contribution in [3.63, 3.8) is 0 Å². The molecule has 0 atom stereocenters. The Labute approximate surface area is 265 Å². The lowest BCUT2D eigenvalue weighted by Crippen LogP contribution is -2.09. The van der Waals surface area contributed by atoms with E-state index in [0.29, 0.717) is 0 Å². The van der Waals surface area contributed by atoms with Gasteiger partial charge in [0.15, 0.2) is 0 Å². The number of rotatable bonds is 3. The van der Waals surface area contributed by atoms with Gasteiger partial charge in [0.05, 0.1) is 0 Å². The van der Waals surface area contributed by atoms with Gasteiger partial charge in [0, 0.05) is 77.6 Å². The van der Waals surface area contributed by atoms with Crippen LogP contribution in [0.5, 0.6) is 0 Å². The zero-order chi connectivity index (χ0) is 28.8. The summed E-state index contributed by atoms with van der Waals surface area (Å²) in [5.41, 5.74) is 3.52. The molecular weight excluding hydrogens is 591 g/mol. The van der Waals surface area contributed by atoms with Crippen LogP contribution in [0.25, 0.3) is 71.3 Å². The number of nitrogens with zero attached hydrogens (tertiary/aromatic N) is 1. The molecule has 4 heteroatoms. The van der Waals surface area contributed by atoms with E-state index in [1.54, 1.807) is 0 Å². The normalized spacial score (nSPS) is 12.1. The molecule has 0 saturated heterocycles. The summed E-state index contributed by atoms with van der Waals surface area (Å²) >= 11 is 5.63. The summed E-state index contributed by atoms with van der Waals surface area (Å²) < 4.78 is 7.93. The largest absolute Gasteiger partial charge is 0.310 e. The molecule has 0 saturated carbocycles. The van der Waals surface area contributed by atoms with Crippen molar-refractivity contribution in [1.82, 2.24) is 0 Å². The van der Waals surface area contributed by atoms with Crippen molar-refractivity contribution in [3.05, 3.63) is 140 Å². The van der Waals surface area contributed by atoms with Crippen molar-refractivity contribution in [1.29, 1.82) is 0 Å². The van der Waals surface area contributed by atoms with Gasteiger partial charge in [-0.1, -0.05) is 72.8 Å². The minimum absolute atomic E-state index is 1.17. The van der Waals surface area contributed by atoms with Gasteiger partial charge in [-0.05, 0) is 77.5 Å². The van der Waals surface area contributed by atoms with Gasteiger partial charge in [0.1, 0.15) is 0 Å². The van der Waals surface area contributed by atoms with Crippen molar-refractivity contribution in [2.45, 2.75) is 0 Å². The van der Waals surface area contributed by atoms with Crippen molar-refractivity contribution >= 4 is 122 Å². The lowest BCUT2D eigenvalue weighted by atomic mass is 10.1. The van der Waals surface area contributed by atoms with Crippen LogP contribution in [-0.2, 0) is 0 Å². The molecule has 0 fully saturated rings. The first-order valence-corrected chi connectivity index (χ1v) is 17.2. The number of anilines is 3. The first-order chi connectivity index (χ1) is 21.8. The van der Waals surface area contributed by atoms with Crippen LogP contribution in [0.2, 0.25) is 0 Å². The number of thiophene rings is 3. The topological polar surface area (TPSA) is 3.24 Å². The minimum atomic E-state index is 1.17. The summed E-state index contributed by atoms with van der Waals surface area (Å²) in [6.07, 6.45) is 0. The van der Waals surface area contributed by atoms with Crippen LogP contribution in [0, 0.1) is 0 Å². The van der Waals surface area contributed by atoms with E-state index in [9.17, 15) is 0 Å². The van der Waals surface area contributed by atoms with E-state index in [0.717, 1.165) is 0 Å². The maximum absolute atomic E-state index is 2.44. The number of hydrogen-bond donors (Lipinski definition) is 0. The highest BCUT2D eigenvalue weighted by Gasteiger charge is 2.18. The van der Waals surface area contributed by atoms with Crippen molar-refractivity contribution in [2.24, 2.45) is 0 Å². The highest BCUT2D eigenvalue weighted by molar-refractivity contribution is 7.26. The van der Waals surface area contributed by atoms with Gasteiger partial charge >= 0.3 is 0 Å². The molecule has 1 nitrogen and oxygen atoms in total. The molecule has 0 aliphatic carbocycles. The van der Waals surface area contributed by atoms with E-state index in [2.05, 4.69) is 144 Å². The Balaban J connectivity index is 1.21. The average molecular weight is 614 g/mol. The molecule has 44 heavy (non-hydrogen) atoms. The Hall–Kier alpha value is -4.74. The zero-order valence-electron chi connectivity index (χ0n) is 23.5. The molecule has 0 aliphatic rings. The highest BCUT2D eigenvalue weighted by Crippen LogP contribution is 2.45. The fraction of sp³-hybridized carbons (Fsp3) is 0. The molecule has 0 amide bonds. The Morgan fingerprint density at radius 1 is 0.295 bits per heavy atom. The van der Waals surface area contributed by atoms with E-state index in [1.165, 1.54) is 88.4 Å². The van der Waals surface area contributed by atoms with Crippen molar-refractivity contribution in [3.8, 4) is 0 Å². The molecule has 0 N–H and O–H groups in total. The third kappa shape index (κ3) is 3.69. The quantitative estimate of drug-likeness (QED) is 0.192. The fourth-order valence-corrected chi connectivity index (χ4v) is 10.1. The van der Waals surface area contributed by atoms with Gasteiger partial charge in [-0.3, -0.25) is 0 Å². The van der Waals surface area contributed by atoms with Crippen LogP contribution in [-0.4, -0.2) is 0 Å². The maximum Gasteiger partial charge on any atom is 0.0476 e. The SMILES string of the molecule is c1ccc2cc3c(cc2c1)sc1cc(N(c2ccc4c(c2)sc2ccccc24)c2ccc4sc5ccccc5c4c2)ccc13. The van der Waals surface area contributed by atoms with Crippen LogP contribution < -0.4 is 4.90 Å². The summed E-state index contributed by atoms with van der Waals surface area (Å²) in [7, 11) is 0. The molecule has 0 unspecified atom stereocenters. The molecule has 0 radical (unpaired) electrons. The minimum Gasteiger partial charge on any atom is -0.310 e. The Morgan fingerprint density at radius 2 is 0.727 bits per heavy atom. The summed E-state index contributed by atoms with van der Waals surface area (Å²) in [5, 5.41) is 10.5. The third-order valence-corrected chi connectivity index (χ3v) is 12.2. The summed E-state index contributed by atoms with van der Waals surface area (Å²) in [5.74, 6) is 0. The van der Waals surface area contributed by atoms with Crippen molar-refractivity contribution < 1.29 is 0 Å². The molecule has 0 aliphatic heterocycles. The van der Waals surface area contributed by atoms with Gasteiger partial charge in [-0.25, -0.2) is 0 Å². The van der Waals surface area contributed by atoms with Crippen LogP contribution >= 0.6 is 34.0 Å². The van der Waals surface area contributed by atoms with E-state index < -0.39 is 0 Å². The van der Waals surface area contributed by atoms with Crippen LogP contribution in [0.4, 0.5) is 17.1 Å². The number of benzene rings is 7. The van der Waals surface area contributed by atoms with Crippen molar-refractivity contribution in [2.75, 3.05) is 4.90 Å². The molecule has 10 rings (SSSR count). The second-order valence-corrected chi connectivity index (χ2v) is 14.6. The Bertz CT molecular complexity index is 2740. The van der Waals surface area contributed by atoms with Gasteiger partial charge in [-0.2, -0.15) is 0 Å². The van der Waals surface area contributed by atoms with E-state index in [1.807, 2.05) is 34.0 Å². The molecule has 7 aromatic carbocycles. The number of hydrogen-bond acceptors (Lipinski definition) is 4. The van der Waals surface area contributed by atoms with Gasteiger partial charge in [0.2, 0.25) is 0 Å². The molecule has 3 heterocycles. The second kappa shape index (κ2) is 9.38. The van der Waals surface area contributed by atoms with E-state index in [-0.39, 0.29) is 0 Å². The van der Waals surface area contributed by atoms with E-state index >= 15 is 0 Å². The smallest absolute Gasteiger partial charge is 0.0476 e. The Kier molecular flexibility index (Phi) is 5.26. The number of fused-ring (bicyclic) bond motifs is 10. The van der Waals surface area contributed by atoms with E-state index in [4.69, 9.17) is 0 Å². The molecule has 10 aromatic rings. The first-order valence-electron chi connectivity index (χ1n) is 14.7. The zero-order valence-corrected chi connectivity index (χ0v) is 25.9. The second-order valence-electron chi connectivity index (χ2n) is 11.4. The van der Waals surface area contributed by atoms with Crippen LogP contribution in [0.3, 0.4) is 0 Å². The predicted molar refractivity (Wildman–Crippen MR) is 197 cm³/mol. The highest BCUT2D eigenvalue weighted by atomic mass is 32.1.